The number of benzene rings is 2. The summed E-state index contributed by atoms with van der Waals surface area (Å²) in [4.78, 5) is 12.0. The summed E-state index contributed by atoms with van der Waals surface area (Å²) in [6.07, 6.45) is 1.26. The van der Waals surface area contributed by atoms with Gasteiger partial charge in [0.15, 0.2) is 0 Å². The Morgan fingerprint density at radius 1 is 0.962 bits per heavy atom. The number of ether oxygens (including phenoxy) is 3. The molecule has 0 saturated carbocycles. The van der Waals surface area contributed by atoms with Gasteiger partial charge in [0.1, 0.15) is 17.2 Å². The van der Waals surface area contributed by atoms with Crippen LogP contribution in [-0.2, 0) is 4.74 Å². The molecule has 2 aromatic carbocycles. The molecule has 2 aromatic rings. The Bertz CT molecular complexity index is 664. The highest BCUT2D eigenvalue weighted by atomic mass is 16.5. The highest BCUT2D eigenvalue weighted by Gasteiger charge is 2.08. The summed E-state index contributed by atoms with van der Waals surface area (Å²) >= 11 is 0. The van der Waals surface area contributed by atoms with Gasteiger partial charge < -0.3 is 24.4 Å². The number of phenolic OH excluding ortho intramolecular Hbond substituents is 1. The van der Waals surface area contributed by atoms with Crippen molar-refractivity contribution in [2.24, 2.45) is 0 Å². The number of phenols is 1. The molecule has 2 rings (SSSR count). The second kappa shape index (κ2) is 10.4. The normalized spacial score (nSPS) is 11.8. The first-order valence-electron chi connectivity index (χ1n) is 8.54. The summed E-state index contributed by atoms with van der Waals surface area (Å²) in [6.45, 7) is 3.20. The van der Waals surface area contributed by atoms with Gasteiger partial charge in [-0.3, -0.25) is 0 Å². The van der Waals surface area contributed by atoms with E-state index >= 15 is 0 Å². The fourth-order valence-electron chi connectivity index (χ4n) is 2.12. The number of rotatable bonds is 10. The molecule has 0 saturated heterocycles. The molecule has 0 fully saturated rings. The molecular weight excluding hydrogens is 336 g/mol. The van der Waals surface area contributed by atoms with Crippen LogP contribution in [0.5, 0.6) is 17.2 Å². The molecule has 0 aliphatic carbocycles. The number of carbonyl (C=O) groups is 1. The molecule has 6 nitrogen and oxygen atoms in total. The number of hydrogen-bond acceptors (Lipinski definition) is 6. The van der Waals surface area contributed by atoms with E-state index in [9.17, 15) is 9.90 Å². The minimum absolute atomic E-state index is 0.0950. The lowest BCUT2D eigenvalue weighted by molar-refractivity contribution is 0.0436. The predicted octanol–water partition coefficient (Wildman–Crippen LogP) is 3.17. The molecule has 0 unspecified atom stereocenters. The van der Waals surface area contributed by atoms with Gasteiger partial charge in [0, 0.05) is 6.61 Å². The van der Waals surface area contributed by atoms with Crippen molar-refractivity contribution in [2.75, 3.05) is 19.8 Å². The zero-order valence-corrected chi connectivity index (χ0v) is 14.8. The largest absolute Gasteiger partial charge is 0.508 e. The van der Waals surface area contributed by atoms with Crippen LogP contribution in [0.4, 0.5) is 0 Å². The molecule has 0 bridgehead atoms. The van der Waals surface area contributed by atoms with Gasteiger partial charge in [-0.1, -0.05) is 0 Å². The minimum Gasteiger partial charge on any atom is -0.508 e. The summed E-state index contributed by atoms with van der Waals surface area (Å²) in [6, 6.07) is 12.7. The van der Waals surface area contributed by atoms with Crippen molar-refractivity contribution in [2.45, 2.75) is 25.9 Å². The van der Waals surface area contributed by atoms with E-state index in [2.05, 4.69) is 0 Å². The summed E-state index contributed by atoms with van der Waals surface area (Å²) < 4.78 is 16.2. The lowest BCUT2D eigenvalue weighted by atomic mass is 10.2. The molecule has 0 heterocycles. The molecule has 0 aliphatic heterocycles. The monoisotopic (exact) mass is 360 g/mol. The van der Waals surface area contributed by atoms with Crippen LogP contribution < -0.4 is 9.47 Å². The van der Waals surface area contributed by atoms with Crippen molar-refractivity contribution in [3.05, 3.63) is 54.1 Å². The maximum Gasteiger partial charge on any atom is 0.343 e. The van der Waals surface area contributed by atoms with Crippen molar-refractivity contribution in [3.8, 4) is 17.2 Å². The average molecular weight is 360 g/mol. The molecule has 0 aliphatic rings. The Hall–Kier alpha value is -2.57. The van der Waals surface area contributed by atoms with Crippen LogP contribution in [0.25, 0.3) is 0 Å². The molecule has 6 heteroatoms. The molecule has 2 N–H and O–H groups in total. The average Bonchev–Trinajstić information content (AvgIpc) is 2.62. The number of hydrogen-bond donors (Lipinski definition) is 2. The third kappa shape index (κ3) is 7.13. The van der Waals surface area contributed by atoms with Crippen LogP contribution in [0.15, 0.2) is 48.5 Å². The Balaban J connectivity index is 1.69. The fraction of sp³-hybridized carbons (Fsp3) is 0.350. The van der Waals surface area contributed by atoms with Crippen molar-refractivity contribution < 1.29 is 29.2 Å². The smallest absolute Gasteiger partial charge is 0.343 e. The molecule has 26 heavy (non-hydrogen) atoms. The first-order chi connectivity index (χ1) is 12.5. The zero-order valence-electron chi connectivity index (χ0n) is 14.8. The van der Waals surface area contributed by atoms with Crippen molar-refractivity contribution in [3.63, 3.8) is 0 Å². The van der Waals surface area contributed by atoms with Crippen molar-refractivity contribution in [1.29, 1.82) is 0 Å². The van der Waals surface area contributed by atoms with E-state index in [1.165, 1.54) is 24.3 Å². The van der Waals surface area contributed by atoms with E-state index in [-0.39, 0.29) is 5.75 Å². The lowest BCUT2D eigenvalue weighted by Crippen LogP contribution is -2.11. The third-order valence-electron chi connectivity index (χ3n) is 3.45. The molecule has 0 radical (unpaired) electrons. The van der Waals surface area contributed by atoms with E-state index < -0.39 is 12.1 Å². The maximum absolute atomic E-state index is 12.0. The summed E-state index contributed by atoms with van der Waals surface area (Å²) in [5.74, 6) is 0.717. The van der Waals surface area contributed by atoms with Crippen LogP contribution >= 0.6 is 0 Å². The van der Waals surface area contributed by atoms with Gasteiger partial charge in [0.2, 0.25) is 0 Å². The number of unbranched alkanes of at least 4 members (excludes halogenated alkanes) is 1. The van der Waals surface area contributed by atoms with Crippen LogP contribution in [0.3, 0.4) is 0 Å². The SMILES string of the molecule is C[C@H](O)COCCCCOc1ccc(OC(=O)c2ccc(O)cc2)cc1. The number of carbonyl (C=O) groups excluding carboxylic acids is 1. The summed E-state index contributed by atoms with van der Waals surface area (Å²) in [7, 11) is 0. The lowest BCUT2D eigenvalue weighted by Gasteiger charge is -2.09. The Morgan fingerprint density at radius 3 is 2.23 bits per heavy atom. The van der Waals surface area contributed by atoms with E-state index in [4.69, 9.17) is 19.3 Å². The summed E-state index contributed by atoms with van der Waals surface area (Å²) in [5, 5.41) is 18.3. The molecule has 0 amide bonds. The zero-order chi connectivity index (χ0) is 18.8. The molecular formula is C20H24O6. The Labute approximate surface area is 152 Å². The van der Waals surface area contributed by atoms with Gasteiger partial charge in [0.25, 0.3) is 0 Å². The Kier molecular flexibility index (Phi) is 7.92. The van der Waals surface area contributed by atoms with Crippen molar-refractivity contribution in [1.82, 2.24) is 0 Å². The van der Waals surface area contributed by atoms with Gasteiger partial charge in [-0.15, -0.1) is 0 Å². The standard InChI is InChI=1S/C20H24O6/c1-15(21)14-24-12-2-3-13-25-18-8-10-19(11-9-18)26-20(23)16-4-6-17(22)7-5-16/h4-11,15,21-22H,2-3,12-14H2,1H3/t15-/m0/s1. The van der Waals surface area contributed by atoms with E-state index in [0.717, 1.165) is 12.8 Å². The number of esters is 1. The van der Waals surface area contributed by atoms with Crippen LogP contribution in [-0.4, -0.2) is 42.1 Å². The number of aliphatic hydroxyl groups excluding tert-OH is 1. The van der Waals surface area contributed by atoms with E-state index in [0.29, 0.717) is 36.9 Å². The first-order valence-corrected chi connectivity index (χ1v) is 8.54. The first kappa shape index (κ1) is 19.8. The minimum atomic E-state index is -0.490. The van der Waals surface area contributed by atoms with Gasteiger partial charge in [-0.2, -0.15) is 0 Å². The van der Waals surface area contributed by atoms with Crippen molar-refractivity contribution >= 4 is 5.97 Å². The van der Waals surface area contributed by atoms with E-state index in [1.807, 2.05) is 0 Å². The van der Waals surface area contributed by atoms with Crippen LogP contribution in [0.1, 0.15) is 30.1 Å². The van der Waals surface area contributed by atoms with Crippen LogP contribution in [0, 0.1) is 0 Å². The van der Waals surface area contributed by atoms with E-state index in [1.54, 1.807) is 31.2 Å². The highest BCUT2D eigenvalue weighted by Crippen LogP contribution is 2.19. The number of aliphatic hydroxyl groups is 1. The molecule has 1 atom stereocenters. The van der Waals surface area contributed by atoms with Gasteiger partial charge in [0.05, 0.1) is 24.9 Å². The molecule has 140 valence electrons. The second-order valence-electron chi connectivity index (χ2n) is 5.89. The molecule has 0 spiro atoms. The predicted molar refractivity (Wildman–Crippen MR) is 96.7 cm³/mol. The molecule has 0 aromatic heterocycles. The number of aromatic hydroxyl groups is 1. The quantitative estimate of drug-likeness (QED) is 0.385. The van der Waals surface area contributed by atoms with Gasteiger partial charge >= 0.3 is 5.97 Å². The fourth-order valence-corrected chi connectivity index (χ4v) is 2.12. The van der Waals surface area contributed by atoms with Gasteiger partial charge in [-0.05, 0) is 68.3 Å². The topological polar surface area (TPSA) is 85.2 Å². The highest BCUT2D eigenvalue weighted by molar-refractivity contribution is 5.91. The summed E-state index contributed by atoms with van der Waals surface area (Å²) in [5.41, 5.74) is 0.362. The third-order valence-corrected chi connectivity index (χ3v) is 3.45. The van der Waals surface area contributed by atoms with Gasteiger partial charge in [-0.25, -0.2) is 4.79 Å². The Morgan fingerprint density at radius 2 is 1.58 bits per heavy atom. The second-order valence-corrected chi connectivity index (χ2v) is 5.89. The van der Waals surface area contributed by atoms with Crippen LogP contribution in [0.2, 0.25) is 0 Å². The maximum atomic E-state index is 12.0.